The van der Waals surface area contributed by atoms with Gasteiger partial charge in [-0.25, -0.2) is 0 Å². The fraction of sp³-hybridized carbons (Fsp3) is 0.0455. The first-order chi connectivity index (χ1) is 13.0. The second-order valence-corrected chi connectivity index (χ2v) is 8.04. The Morgan fingerprint density at radius 2 is 1.22 bits per heavy atom. The maximum Gasteiger partial charge on any atom is 0.276 e. The maximum absolute atomic E-state index is 12.7. The molecule has 0 aliphatic heterocycles. The number of hydrogen-bond donors (Lipinski definition) is 1. The van der Waals surface area contributed by atoms with Gasteiger partial charge in [0.15, 0.2) is 0 Å². The number of fused-ring (bicyclic) bond motifs is 2. The van der Waals surface area contributed by atoms with E-state index in [0.29, 0.717) is 5.36 Å². The Balaban J connectivity index is 1.95. The van der Waals surface area contributed by atoms with Crippen LogP contribution in [0.3, 0.4) is 0 Å². The Labute approximate surface area is 157 Å². The molecular weight excluding hydrogens is 356 g/mol. The van der Waals surface area contributed by atoms with Crippen molar-refractivity contribution in [3.8, 4) is 0 Å². The summed E-state index contributed by atoms with van der Waals surface area (Å²) in [5.41, 5.74) is 0.998. The quantitative estimate of drug-likeness (QED) is 0.549. The smallest absolute Gasteiger partial charge is 0.200 e. The van der Waals surface area contributed by atoms with Gasteiger partial charge in [0.1, 0.15) is 0 Å². The highest BCUT2D eigenvalue weighted by molar-refractivity contribution is 7.89. The third-order valence-corrected chi connectivity index (χ3v) is 5.71. The standard InChI is InChI=1S/C22H18N2O2S/c1-16-10-14-19(15-11-16)27(25,26)24-23-22-20-8-4-2-6-17(20)12-13-18-7-3-5-9-21(18)22/h2-15,24H,1H3. The number of nitrogens with zero attached hydrogens (tertiary/aromatic N) is 1. The van der Waals surface area contributed by atoms with Crippen molar-refractivity contribution in [2.75, 3.05) is 0 Å². The highest BCUT2D eigenvalue weighted by Crippen LogP contribution is 2.15. The van der Waals surface area contributed by atoms with Crippen molar-refractivity contribution in [1.29, 1.82) is 0 Å². The van der Waals surface area contributed by atoms with Crippen LogP contribution in [0.4, 0.5) is 0 Å². The van der Waals surface area contributed by atoms with Crippen LogP contribution in [-0.4, -0.2) is 8.42 Å². The average molecular weight is 374 g/mol. The average Bonchev–Trinajstić information content (AvgIpc) is 2.84. The molecule has 0 fully saturated rings. The summed E-state index contributed by atoms with van der Waals surface area (Å²) in [5.74, 6) is 0. The lowest BCUT2D eigenvalue weighted by Crippen LogP contribution is -2.22. The van der Waals surface area contributed by atoms with Crippen LogP contribution in [0.15, 0.2) is 94.9 Å². The molecule has 0 atom stereocenters. The van der Waals surface area contributed by atoms with Crippen LogP contribution in [0, 0.1) is 6.92 Å². The zero-order valence-electron chi connectivity index (χ0n) is 14.8. The highest BCUT2D eigenvalue weighted by Gasteiger charge is 2.12. The topological polar surface area (TPSA) is 58.5 Å². The summed E-state index contributed by atoms with van der Waals surface area (Å²) >= 11 is 0. The Morgan fingerprint density at radius 1 is 0.704 bits per heavy atom. The summed E-state index contributed by atoms with van der Waals surface area (Å²) in [7, 11) is -3.75. The number of nitrogens with one attached hydrogen (secondary N) is 1. The molecule has 0 radical (unpaired) electrons. The predicted octanol–water partition coefficient (Wildman–Crippen LogP) is 4.10. The van der Waals surface area contributed by atoms with Gasteiger partial charge >= 0.3 is 0 Å². The van der Waals surface area contributed by atoms with E-state index in [2.05, 4.69) is 9.93 Å². The summed E-state index contributed by atoms with van der Waals surface area (Å²) in [6, 6.07) is 26.3. The van der Waals surface area contributed by atoms with E-state index >= 15 is 0 Å². The largest absolute Gasteiger partial charge is 0.276 e. The fourth-order valence-electron chi connectivity index (χ4n) is 3.04. The Bertz CT molecular complexity index is 1250. The van der Waals surface area contributed by atoms with Crippen molar-refractivity contribution in [3.63, 3.8) is 0 Å². The summed E-state index contributed by atoms with van der Waals surface area (Å²) in [6.07, 6.45) is 0. The van der Waals surface area contributed by atoms with Gasteiger partial charge in [-0.1, -0.05) is 78.4 Å². The number of aryl methyl sites for hydroxylation is 1. The summed E-state index contributed by atoms with van der Waals surface area (Å²) in [6.45, 7) is 1.91. The van der Waals surface area contributed by atoms with Crippen molar-refractivity contribution in [1.82, 2.24) is 4.83 Å². The van der Waals surface area contributed by atoms with Gasteiger partial charge in [-0.2, -0.15) is 18.4 Å². The van der Waals surface area contributed by atoms with E-state index in [0.717, 1.165) is 27.1 Å². The van der Waals surface area contributed by atoms with Gasteiger partial charge in [-0.05, 0) is 29.8 Å². The molecule has 0 spiro atoms. The molecule has 1 N–H and O–H groups in total. The molecule has 4 rings (SSSR count). The first kappa shape index (κ1) is 17.2. The third-order valence-electron chi connectivity index (χ3n) is 4.48. The first-order valence-electron chi connectivity index (χ1n) is 8.58. The summed E-state index contributed by atoms with van der Waals surface area (Å²) in [5, 5.41) is 8.67. The third kappa shape index (κ3) is 3.41. The summed E-state index contributed by atoms with van der Waals surface area (Å²) in [4.78, 5) is 2.59. The van der Waals surface area contributed by atoms with Crippen molar-refractivity contribution in [3.05, 3.63) is 95.8 Å². The fourth-order valence-corrected chi connectivity index (χ4v) is 3.85. The Kier molecular flexibility index (Phi) is 4.38. The molecule has 0 amide bonds. The molecule has 0 bridgehead atoms. The van der Waals surface area contributed by atoms with Crippen molar-refractivity contribution in [2.24, 2.45) is 5.10 Å². The van der Waals surface area contributed by atoms with E-state index in [4.69, 9.17) is 0 Å². The second-order valence-electron chi connectivity index (χ2n) is 6.38. The normalized spacial score (nSPS) is 11.4. The molecule has 0 aromatic heterocycles. The van der Waals surface area contributed by atoms with E-state index in [-0.39, 0.29) is 4.90 Å². The van der Waals surface area contributed by atoms with Crippen LogP contribution < -0.4 is 10.2 Å². The predicted molar refractivity (Wildman–Crippen MR) is 109 cm³/mol. The summed E-state index contributed by atoms with van der Waals surface area (Å²) < 4.78 is 25.3. The van der Waals surface area contributed by atoms with Gasteiger partial charge < -0.3 is 0 Å². The lowest BCUT2D eigenvalue weighted by molar-refractivity contribution is 0.583. The molecular formula is C22H18N2O2S. The van der Waals surface area contributed by atoms with Crippen LogP contribution >= 0.6 is 0 Å². The van der Waals surface area contributed by atoms with E-state index in [1.54, 1.807) is 24.3 Å². The minimum atomic E-state index is -3.75. The molecule has 5 heteroatoms. The van der Waals surface area contributed by atoms with E-state index < -0.39 is 10.0 Å². The number of rotatable bonds is 3. The molecule has 27 heavy (non-hydrogen) atoms. The van der Waals surface area contributed by atoms with Crippen molar-refractivity contribution in [2.45, 2.75) is 11.8 Å². The minimum absolute atomic E-state index is 0.186. The Hall–Kier alpha value is -3.18. The van der Waals surface area contributed by atoms with E-state index in [1.807, 2.05) is 67.6 Å². The molecule has 0 aliphatic carbocycles. The van der Waals surface area contributed by atoms with Crippen molar-refractivity contribution >= 4 is 31.6 Å². The van der Waals surface area contributed by atoms with Crippen molar-refractivity contribution < 1.29 is 8.42 Å². The molecule has 0 saturated carbocycles. The molecule has 134 valence electrons. The highest BCUT2D eigenvalue weighted by atomic mass is 32.2. The van der Waals surface area contributed by atoms with Gasteiger partial charge in [0, 0.05) is 10.8 Å². The zero-order chi connectivity index (χ0) is 18.9. The van der Waals surface area contributed by atoms with Gasteiger partial charge in [-0.3, -0.25) is 0 Å². The lowest BCUT2D eigenvalue weighted by atomic mass is 10.1. The van der Waals surface area contributed by atoms with E-state index in [9.17, 15) is 8.42 Å². The SMILES string of the molecule is Cc1ccc(S(=O)(=O)NN=c2c3ccccc3ccc3ccccc23)cc1. The molecule has 4 nitrogen and oxygen atoms in total. The Morgan fingerprint density at radius 3 is 1.78 bits per heavy atom. The van der Waals surface area contributed by atoms with Crippen LogP contribution in [0.2, 0.25) is 0 Å². The maximum atomic E-state index is 12.7. The monoisotopic (exact) mass is 374 g/mol. The molecule has 0 heterocycles. The van der Waals surface area contributed by atoms with Gasteiger partial charge in [0.05, 0.1) is 10.3 Å². The number of benzene rings is 3. The number of sulfonamides is 1. The van der Waals surface area contributed by atoms with Crippen LogP contribution in [0.5, 0.6) is 0 Å². The van der Waals surface area contributed by atoms with Gasteiger partial charge in [0.2, 0.25) is 0 Å². The van der Waals surface area contributed by atoms with E-state index in [1.165, 1.54) is 0 Å². The van der Waals surface area contributed by atoms with Gasteiger partial charge in [-0.15, -0.1) is 0 Å². The molecule has 0 aliphatic rings. The van der Waals surface area contributed by atoms with Crippen LogP contribution in [0.1, 0.15) is 5.56 Å². The minimum Gasteiger partial charge on any atom is -0.200 e. The zero-order valence-corrected chi connectivity index (χ0v) is 15.6. The molecule has 4 aromatic rings. The van der Waals surface area contributed by atoms with Crippen LogP contribution in [0.25, 0.3) is 21.5 Å². The number of hydrogen-bond acceptors (Lipinski definition) is 3. The first-order valence-corrected chi connectivity index (χ1v) is 10.1. The second kappa shape index (κ2) is 6.85. The van der Waals surface area contributed by atoms with Crippen LogP contribution in [-0.2, 0) is 10.0 Å². The molecule has 0 saturated heterocycles. The molecule has 4 aromatic carbocycles. The molecule has 0 unspecified atom stereocenters. The lowest BCUT2D eigenvalue weighted by Gasteiger charge is -2.04. The van der Waals surface area contributed by atoms with Gasteiger partial charge in [0.25, 0.3) is 10.0 Å².